The number of hydrogen-bond donors (Lipinski definition) is 3. The highest BCUT2D eigenvalue weighted by Gasteiger charge is 2.35. The molecule has 0 saturated carbocycles. The molecule has 1 heterocycles. The molecule has 7 heteroatoms. The quantitative estimate of drug-likeness (QED) is 0.762. The van der Waals surface area contributed by atoms with E-state index in [2.05, 4.69) is 10.6 Å². The Morgan fingerprint density at radius 2 is 2.24 bits per heavy atom. The van der Waals surface area contributed by atoms with Crippen molar-refractivity contribution < 1.29 is 19.5 Å². The number of benzene rings is 1. The molecule has 3 N–H and O–H groups in total. The predicted molar refractivity (Wildman–Crippen MR) is 76.0 cm³/mol. The lowest BCUT2D eigenvalue weighted by Crippen LogP contribution is -2.60. The lowest BCUT2D eigenvalue weighted by Gasteiger charge is -2.32. The first-order chi connectivity index (χ1) is 10.0. The van der Waals surface area contributed by atoms with Gasteiger partial charge in [-0.3, -0.25) is 9.69 Å². The maximum Gasteiger partial charge on any atom is 0.328 e. The van der Waals surface area contributed by atoms with Crippen LogP contribution in [-0.4, -0.2) is 47.0 Å². The third-order valence-electron chi connectivity index (χ3n) is 3.32. The first-order valence-corrected chi connectivity index (χ1v) is 6.67. The van der Waals surface area contributed by atoms with E-state index in [1.807, 2.05) is 25.1 Å². The van der Waals surface area contributed by atoms with Crippen molar-refractivity contribution in [2.24, 2.45) is 0 Å². The third kappa shape index (κ3) is 3.50. The fourth-order valence-electron chi connectivity index (χ4n) is 2.14. The van der Waals surface area contributed by atoms with Crippen LogP contribution in [0.4, 0.5) is 10.5 Å². The van der Waals surface area contributed by atoms with Gasteiger partial charge in [-0.15, -0.1) is 0 Å². The number of carboxylic acids is 1. The fourth-order valence-corrected chi connectivity index (χ4v) is 2.14. The molecule has 0 spiro atoms. The van der Waals surface area contributed by atoms with Crippen LogP contribution in [0.2, 0.25) is 0 Å². The second-order valence-electron chi connectivity index (χ2n) is 4.77. The number of nitrogens with zero attached hydrogens (tertiary/aromatic N) is 1. The lowest BCUT2D eigenvalue weighted by atomic mass is 10.1. The van der Waals surface area contributed by atoms with Crippen molar-refractivity contribution in [3.8, 4) is 0 Å². The van der Waals surface area contributed by atoms with Gasteiger partial charge in [-0.1, -0.05) is 19.1 Å². The van der Waals surface area contributed by atoms with Gasteiger partial charge in [-0.25, -0.2) is 9.59 Å². The minimum atomic E-state index is -1.15. The van der Waals surface area contributed by atoms with Crippen molar-refractivity contribution in [2.75, 3.05) is 18.4 Å². The monoisotopic (exact) mass is 291 g/mol. The molecule has 3 amide bonds. The van der Waals surface area contributed by atoms with Gasteiger partial charge in [0, 0.05) is 12.2 Å². The number of urea groups is 1. The van der Waals surface area contributed by atoms with Gasteiger partial charge in [-0.05, 0) is 24.1 Å². The van der Waals surface area contributed by atoms with Gasteiger partial charge in [0.15, 0.2) is 0 Å². The summed E-state index contributed by atoms with van der Waals surface area (Å²) >= 11 is 0. The molecular formula is C14H17N3O4. The Balaban J connectivity index is 2.12. The largest absolute Gasteiger partial charge is 0.480 e. The standard InChI is InChI=1S/C14H17N3O4/c1-2-9-4-3-5-10(6-9)16-14(21)17-8-12(18)15-7-11(17)13(19)20/h3-6,11H,2,7-8H2,1H3,(H,15,18)(H,16,21)(H,19,20). The van der Waals surface area contributed by atoms with E-state index in [0.717, 1.165) is 16.9 Å². The number of piperazine rings is 1. The van der Waals surface area contributed by atoms with Crippen molar-refractivity contribution in [2.45, 2.75) is 19.4 Å². The Kier molecular flexibility index (Phi) is 4.42. The van der Waals surface area contributed by atoms with E-state index in [1.165, 1.54) is 0 Å². The normalized spacial score (nSPS) is 18.0. The van der Waals surface area contributed by atoms with E-state index < -0.39 is 18.0 Å². The molecule has 1 aromatic carbocycles. The van der Waals surface area contributed by atoms with Crippen molar-refractivity contribution in [1.82, 2.24) is 10.2 Å². The summed E-state index contributed by atoms with van der Waals surface area (Å²) in [6, 6.07) is 5.63. The van der Waals surface area contributed by atoms with Gasteiger partial charge in [0.05, 0.1) is 0 Å². The van der Waals surface area contributed by atoms with E-state index in [4.69, 9.17) is 5.11 Å². The number of carbonyl (C=O) groups excluding carboxylic acids is 2. The molecule has 1 saturated heterocycles. The number of aliphatic carboxylic acids is 1. The lowest BCUT2D eigenvalue weighted by molar-refractivity contribution is -0.144. The SMILES string of the molecule is CCc1cccc(NC(=O)N2CC(=O)NCC2C(=O)O)c1. The summed E-state index contributed by atoms with van der Waals surface area (Å²) in [7, 11) is 0. The number of aryl methyl sites for hydroxylation is 1. The fraction of sp³-hybridized carbons (Fsp3) is 0.357. The number of hydrogen-bond acceptors (Lipinski definition) is 3. The molecule has 1 aromatic rings. The summed E-state index contributed by atoms with van der Waals surface area (Å²) in [6.45, 7) is 1.64. The first-order valence-electron chi connectivity index (χ1n) is 6.67. The second kappa shape index (κ2) is 6.25. The van der Waals surface area contributed by atoms with Crippen molar-refractivity contribution in [1.29, 1.82) is 0 Å². The van der Waals surface area contributed by atoms with Crippen LogP contribution < -0.4 is 10.6 Å². The third-order valence-corrected chi connectivity index (χ3v) is 3.32. The number of carbonyl (C=O) groups is 3. The number of amides is 3. The van der Waals surface area contributed by atoms with E-state index in [0.29, 0.717) is 5.69 Å². The molecule has 7 nitrogen and oxygen atoms in total. The maximum atomic E-state index is 12.2. The van der Waals surface area contributed by atoms with E-state index in [9.17, 15) is 14.4 Å². The van der Waals surface area contributed by atoms with Gasteiger partial charge < -0.3 is 15.7 Å². The van der Waals surface area contributed by atoms with Gasteiger partial charge in [0.1, 0.15) is 12.6 Å². The minimum absolute atomic E-state index is 0.0867. The van der Waals surface area contributed by atoms with Crippen molar-refractivity contribution in [3.63, 3.8) is 0 Å². The smallest absolute Gasteiger partial charge is 0.328 e. The molecule has 1 atom stereocenters. The van der Waals surface area contributed by atoms with Gasteiger partial charge in [0.25, 0.3) is 0 Å². The molecule has 0 aromatic heterocycles. The summed E-state index contributed by atoms with van der Waals surface area (Å²) in [5.74, 6) is -1.52. The van der Waals surface area contributed by atoms with Crippen LogP contribution >= 0.6 is 0 Å². The Morgan fingerprint density at radius 1 is 1.48 bits per heavy atom. The van der Waals surface area contributed by atoms with Crippen molar-refractivity contribution in [3.05, 3.63) is 29.8 Å². The summed E-state index contributed by atoms with van der Waals surface area (Å²) in [5, 5.41) is 14.2. The Labute approximate surface area is 121 Å². The zero-order valence-corrected chi connectivity index (χ0v) is 11.6. The van der Waals surface area contributed by atoms with Crippen molar-refractivity contribution >= 4 is 23.6 Å². The molecule has 0 radical (unpaired) electrons. The van der Waals surface area contributed by atoms with E-state index in [-0.39, 0.29) is 19.0 Å². The zero-order valence-electron chi connectivity index (χ0n) is 11.6. The predicted octanol–water partition coefficient (Wildman–Crippen LogP) is 0.666. The van der Waals surface area contributed by atoms with Gasteiger partial charge in [-0.2, -0.15) is 0 Å². The van der Waals surface area contributed by atoms with Crippen LogP contribution in [0.3, 0.4) is 0 Å². The molecule has 1 unspecified atom stereocenters. The molecule has 1 aliphatic rings. The summed E-state index contributed by atoms with van der Waals surface area (Å²) in [6.07, 6.45) is 0.827. The topological polar surface area (TPSA) is 98.7 Å². The van der Waals surface area contributed by atoms with Gasteiger partial charge in [0.2, 0.25) is 5.91 Å². The highest BCUT2D eigenvalue weighted by atomic mass is 16.4. The number of anilines is 1. The van der Waals surface area contributed by atoms with Crippen LogP contribution in [0.15, 0.2) is 24.3 Å². The van der Waals surface area contributed by atoms with Crippen LogP contribution in [0, 0.1) is 0 Å². The summed E-state index contributed by atoms with van der Waals surface area (Å²) in [4.78, 5) is 35.8. The van der Waals surface area contributed by atoms with Crippen LogP contribution in [0.5, 0.6) is 0 Å². The molecule has 2 rings (SSSR count). The minimum Gasteiger partial charge on any atom is -0.480 e. The molecule has 0 aliphatic carbocycles. The first kappa shape index (κ1) is 14.8. The van der Waals surface area contributed by atoms with E-state index >= 15 is 0 Å². The Bertz CT molecular complexity index is 573. The highest BCUT2D eigenvalue weighted by molar-refractivity contribution is 5.96. The molecule has 1 fully saturated rings. The number of carboxylic acid groups (broad SMARTS) is 1. The molecule has 112 valence electrons. The molecular weight excluding hydrogens is 274 g/mol. The molecule has 21 heavy (non-hydrogen) atoms. The summed E-state index contributed by atoms with van der Waals surface area (Å²) < 4.78 is 0. The van der Waals surface area contributed by atoms with Crippen LogP contribution in [0.1, 0.15) is 12.5 Å². The average Bonchev–Trinajstić information content (AvgIpc) is 2.47. The molecule has 0 bridgehead atoms. The summed E-state index contributed by atoms with van der Waals surface area (Å²) in [5.41, 5.74) is 1.63. The average molecular weight is 291 g/mol. The second-order valence-corrected chi connectivity index (χ2v) is 4.77. The maximum absolute atomic E-state index is 12.2. The zero-order chi connectivity index (χ0) is 15.4. The Morgan fingerprint density at radius 3 is 2.90 bits per heavy atom. The molecule has 1 aliphatic heterocycles. The van der Waals surface area contributed by atoms with Gasteiger partial charge >= 0.3 is 12.0 Å². The van der Waals surface area contributed by atoms with E-state index in [1.54, 1.807) is 6.07 Å². The highest BCUT2D eigenvalue weighted by Crippen LogP contribution is 2.13. The van der Waals surface area contributed by atoms with Crippen LogP contribution in [0.25, 0.3) is 0 Å². The number of rotatable bonds is 3. The Hall–Kier alpha value is -2.57. The van der Waals surface area contributed by atoms with Crippen LogP contribution in [-0.2, 0) is 16.0 Å². The number of nitrogens with one attached hydrogen (secondary N) is 2.